The molecule has 2 aromatic carbocycles. The van der Waals surface area contributed by atoms with E-state index in [4.69, 9.17) is 0 Å². The van der Waals surface area contributed by atoms with E-state index >= 15 is 0 Å². The van der Waals surface area contributed by atoms with Crippen molar-refractivity contribution < 1.29 is 10.2 Å². The van der Waals surface area contributed by atoms with Crippen LogP contribution in [-0.2, 0) is 5.75 Å². The lowest BCUT2D eigenvalue weighted by Gasteiger charge is -2.05. The standard InChI is InChI=1S/C13H12O2S/c14-11-6-2-1-5-10(11)9-16-13-8-4-3-7-12(13)15/h1-8,14-15H,9H2. The summed E-state index contributed by atoms with van der Waals surface area (Å²) in [6, 6.07) is 14.4. The second-order valence-electron chi connectivity index (χ2n) is 3.39. The molecule has 2 rings (SSSR count). The van der Waals surface area contributed by atoms with Crippen molar-refractivity contribution in [2.24, 2.45) is 0 Å². The first-order valence-electron chi connectivity index (χ1n) is 4.95. The highest BCUT2D eigenvalue weighted by Gasteiger charge is 2.03. The molecule has 82 valence electrons. The molecular formula is C13H12O2S. The Morgan fingerprint density at radius 1 is 0.812 bits per heavy atom. The third kappa shape index (κ3) is 2.49. The van der Waals surface area contributed by atoms with E-state index in [1.807, 2.05) is 24.3 Å². The fraction of sp³-hybridized carbons (Fsp3) is 0.0769. The Kier molecular flexibility index (Phi) is 3.37. The Morgan fingerprint density at radius 2 is 1.44 bits per heavy atom. The molecule has 3 heteroatoms. The van der Waals surface area contributed by atoms with Crippen molar-refractivity contribution in [2.75, 3.05) is 0 Å². The number of benzene rings is 2. The molecule has 16 heavy (non-hydrogen) atoms. The number of aromatic hydroxyl groups is 2. The number of para-hydroxylation sites is 2. The number of thioether (sulfide) groups is 1. The van der Waals surface area contributed by atoms with Crippen LogP contribution in [0.15, 0.2) is 53.4 Å². The molecular weight excluding hydrogens is 220 g/mol. The molecule has 0 unspecified atom stereocenters. The van der Waals surface area contributed by atoms with Crippen LogP contribution in [0.25, 0.3) is 0 Å². The summed E-state index contributed by atoms with van der Waals surface area (Å²) < 4.78 is 0. The Hall–Kier alpha value is -1.61. The molecule has 0 bridgehead atoms. The maximum Gasteiger partial charge on any atom is 0.129 e. The van der Waals surface area contributed by atoms with Gasteiger partial charge in [0.2, 0.25) is 0 Å². The largest absolute Gasteiger partial charge is 0.508 e. The normalized spacial score (nSPS) is 10.2. The average Bonchev–Trinajstić information content (AvgIpc) is 2.30. The van der Waals surface area contributed by atoms with Gasteiger partial charge in [-0.15, -0.1) is 11.8 Å². The second kappa shape index (κ2) is 4.94. The van der Waals surface area contributed by atoms with Gasteiger partial charge in [-0.2, -0.15) is 0 Å². The van der Waals surface area contributed by atoms with Crippen molar-refractivity contribution >= 4 is 11.8 Å². The topological polar surface area (TPSA) is 40.5 Å². The molecule has 0 aliphatic heterocycles. The fourth-order valence-corrected chi connectivity index (χ4v) is 2.31. The van der Waals surface area contributed by atoms with Gasteiger partial charge >= 0.3 is 0 Å². The molecule has 2 N–H and O–H groups in total. The molecule has 0 heterocycles. The van der Waals surface area contributed by atoms with Crippen LogP contribution in [0.3, 0.4) is 0 Å². The van der Waals surface area contributed by atoms with Crippen molar-refractivity contribution in [3.63, 3.8) is 0 Å². The van der Waals surface area contributed by atoms with Gasteiger partial charge in [-0.1, -0.05) is 30.3 Å². The quantitative estimate of drug-likeness (QED) is 0.797. The third-order valence-corrected chi connectivity index (χ3v) is 3.35. The van der Waals surface area contributed by atoms with Crippen LogP contribution in [0, 0.1) is 0 Å². The maximum absolute atomic E-state index is 9.58. The minimum absolute atomic E-state index is 0.280. The van der Waals surface area contributed by atoms with E-state index < -0.39 is 0 Å². The summed E-state index contributed by atoms with van der Waals surface area (Å²) in [6.07, 6.45) is 0. The van der Waals surface area contributed by atoms with Crippen molar-refractivity contribution in [3.8, 4) is 11.5 Å². The highest BCUT2D eigenvalue weighted by atomic mass is 32.2. The van der Waals surface area contributed by atoms with Crippen molar-refractivity contribution in [1.29, 1.82) is 0 Å². The predicted molar refractivity (Wildman–Crippen MR) is 65.8 cm³/mol. The van der Waals surface area contributed by atoms with Crippen molar-refractivity contribution in [2.45, 2.75) is 10.6 Å². The van der Waals surface area contributed by atoms with Crippen LogP contribution < -0.4 is 0 Å². The van der Waals surface area contributed by atoms with E-state index in [0.29, 0.717) is 11.5 Å². The first-order chi connectivity index (χ1) is 7.77. The molecule has 0 saturated heterocycles. The molecule has 2 aromatic rings. The first-order valence-corrected chi connectivity index (χ1v) is 5.93. The Bertz CT molecular complexity index is 437. The van der Waals surface area contributed by atoms with E-state index in [-0.39, 0.29) is 5.75 Å². The fourth-order valence-electron chi connectivity index (χ4n) is 1.37. The van der Waals surface area contributed by atoms with Gasteiger partial charge in [-0.25, -0.2) is 0 Å². The number of phenolic OH excluding ortho intramolecular Hbond substituents is 2. The molecule has 0 aliphatic carbocycles. The number of hydrogen-bond donors (Lipinski definition) is 2. The molecule has 0 atom stereocenters. The maximum atomic E-state index is 9.58. The van der Waals surface area contributed by atoms with E-state index in [9.17, 15) is 10.2 Å². The van der Waals surface area contributed by atoms with Crippen LogP contribution >= 0.6 is 11.8 Å². The van der Waals surface area contributed by atoms with Crippen LogP contribution in [-0.4, -0.2) is 10.2 Å². The predicted octanol–water partition coefficient (Wildman–Crippen LogP) is 3.39. The van der Waals surface area contributed by atoms with E-state index in [2.05, 4.69) is 0 Å². The van der Waals surface area contributed by atoms with Crippen LogP contribution in [0.4, 0.5) is 0 Å². The van der Waals surface area contributed by atoms with Crippen LogP contribution in [0.2, 0.25) is 0 Å². The monoisotopic (exact) mass is 232 g/mol. The third-order valence-electron chi connectivity index (χ3n) is 2.24. The Morgan fingerprint density at radius 3 is 2.12 bits per heavy atom. The van der Waals surface area contributed by atoms with E-state index in [1.54, 1.807) is 24.3 Å². The summed E-state index contributed by atoms with van der Waals surface area (Å²) >= 11 is 1.50. The molecule has 0 amide bonds. The first kappa shape index (κ1) is 10.9. The van der Waals surface area contributed by atoms with Crippen molar-refractivity contribution in [3.05, 3.63) is 54.1 Å². The number of rotatable bonds is 3. The average molecular weight is 232 g/mol. The molecule has 2 nitrogen and oxygen atoms in total. The number of phenols is 2. The molecule has 0 radical (unpaired) electrons. The lowest BCUT2D eigenvalue weighted by atomic mass is 10.2. The van der Waals surface area contributed by atoms with Gasteiger partial charge in [-0.3, -0.25) is 0 Å². The lowest BCUT2D eigenvalue weighted by molar-refractivity contribution is 0.462. The van der Waals surface area contributed by atoms with Crippen LogP contribution in [0.1, 0.15) is 5.56 Å². The van der Waals surface area contributed by atoms with Gasteiger partial charge in [0.1, 0.15) is 11.5 Å². The van der Waals surface area contributed by atoms with Crippen molar-refractivity contribution in [1.82, 2.24) is 0 Å². The molecule has 0 aromatic heterocycles. The van der Waals surface area contributed by atoms with Gasteiger partial charge in [0.25, 0.3) is 0 Å². The minimum atomic E-state index is 0.280. The minimum Gasteiger partial charge on any atom is -0.508 e. The highest BCUT2D eigenvalue weighted by molar-refractivity contribution is 7.98. The molecule has 0 spiro atoms. The summed E-state index contributed by atoms with van der Waals surface area (Å²) in [5.41, 5.74) is 0.871. The lowest BCUT2D eigenvalue weighted by Crippen LogP contribution is -1.81. The smallest absolute Gasteiger partial charge is 0.129 e. The van der Waals surface area contributed by atoms with E-state index in [1.165, 1.54) is 11.8 Å². The van der Waals surface area contributed by atoms with Crippen LogP contribution in [0.5, 0.6) is 11.5 Å². The SMILES string of the molecule is Oc1ccccc1CSc1ccccc1O. The van der Waals surface area contributed by atoms with Gasteiger partial charge < -0.3 is 10.2 Å². The van der Waals surface area contributed by atoms with Gasteiger partial charge in [0.05, 0.1) is 0 Å². The molecule has 0 fully saturated rings. The Labute approximate surface area is 98.6 Å². The summed E-state index contributed by atoms with van der Waals surface area (Å²) in [7, 11) is 0. The zero-order valence-corrected chi connectivity index (χ0v) is 9.45. The zero-order chi connectivity index (χ0) is 11.4. The summed E-state index contributed by atoms with van der Waals surface area (Å²) in [5, 5.41) is 19.2. The van der Waals surface area contributed by atoms with Gasteiger partial charge in [0.15, 0.2) is 0 Å². The van der Waals surface area contributed by atoms with Gasteiger partial charge in [-0.05, 0) is 18.2 Å². The highest BCUT2D eigenvalue weighted by Crippen LogP contribution is 2.32. The molecule has 0 aliphatic rings. The number of hydrogen-bond acceptors (Lipinski definition) is 3. The summed E-state index contributed by atoms with van der Waals surface area (Å²) in [5.74, 6) is 1.22. The Balaban J connectivity index is 2.09. The summed E-state index contributed by atoms with van der Waals surface area (Å²) in [4.78, 5) is 0.825. The van der Waals surface area contributed by atoms with E-state index in [0.717, 1.165) is 10.5 Å². The molecule has 0 saturated carbocycles. The zero-order valence-electron chi connectivity index (χ0n) is 8.63. The second-order valence-corrected chi connectivity index (χ2v) is 4.40. The van der Waals surface area contributed by atoms with Gasteiger partial charge in [0, 0.05) is 16.2 Å². The summed E-state index contributed by atoms with van der Waals surface area (Å²) in [6.45, 7) is 0.